The molecular formula is C41H34ClIN4O5S. The SMILES string of the molecule is Cc1cccc([C@H]2C3=CC[C@@H]4C(=O)N(c5ccc(I)cc5)C(=O)[C@@H]4[C@@H]3C[C@H]3C(=O)N(c4cc(-c5sc6ccc(Cl)cc6c5C)nn4C)C(=O)[C@@]23C)c1O. The van der Waals surface area contributed by atoms with Crippen LogP contribution in [0.5, 0.6) is 5.75 Å². The van der Waals surface area contributed by atoms with Crippen LogP contribution in [0.25, 0.3) is 20.7 Å². The van der Waals surface area contributed by atoms with E-state index in [4.69, 9.17) is 16.7 Å². The fourth-order valence-corrected chi connectivity index (χ4v) is 11.2. The number of carbonyl (C=O) groups excluding carboxylic acids is 4. The number of anilines is 2. The molecule has 53 heavy (non-hydrogen) atoms. The number of hydrogen-bond acceptors (Lipinski definition) is 7. The molecule has 4 heterocycles. The molecule has 268 valence electrons. The molecule has 1 saturated carbocycles. The van der Waals surface area contributed by atoms with E-state index in [0.29, 0.717) is 39.8 Å². The lowest BCUT2D eigenvalue weighted by molar-refractivity contribution is -0.131. The van der Waals surface area contributed by atoms with Crippen LogP contribution < -0.4 is 9.80 Å². The second-order valence-corrected chi connectivity index (χ2v) is 17.6. The van der Waals surface area contributed by atoms with Gasteiger partial charge >= 0.3 is 0 Å². The molecule has 2 aromatic heterocycles. The van der Waals surface area contributed by atoms with Crippen LogP contribution in [-0.4, -0.2) is 38.5 Å². The van der Waals surface area contributed by atoms with Crippen LogP contribution in [0.15, 0.2) is 78.4 Å². The van der Waals surface area contributed by atoms with Crippen molar-refractivity contribution in [2.24, 2.45) is 36.1 Å². The van der Waals surface area contributed by atoms with Crippen LogP contribution >= 0.6 is 45.5 Å². The van der Waals surface area contributed by atoms with Crippen molar-refractivity contribution in [3.63, 3.8) is 0 Å². The maximum Gasteiger partial charge on any atom is 0.242 e. The zero-order valence-corrected chi connectivity index (χ0v) is 33.0. The Morgan fingerprint density at radius 3 is 2.45 bits per heavy atom. The first-order chi connectivity index (χ1) is 25.3. The Balaban J connectivity index is 1.16. The minimum atomic E-state index is -1.30. The smallest absolute Gasteiger partial charge is 0.242 e. The topological polar surface area (TPSA) is 113 Å². The third-order valence-corrected chi connectivity index (χ3v) is 14.4. The lowest BCUT2D eigenvalue weighted by atomic mass is 9.51. The number of aromatic nitrogens is 2. The van der Waals surface area contributed by atoms with E-state index in [1.807, 2.05) is 62.4 Å². The number of fused-ring (bicyclic) bond motifs is 5. The number of para-hydroxylation sites is 1. The first kappa shape index (κ1) is 34.4. The predicted molar refractivity (Wildman–Crippen MR) is 213 cm³/mol. The van der Waals surface area contributed by atoms with E-state index in [1.54, 1.807) is 54.3 Å². The van der Waals surface area contributed by atoms with E-state index in [0.717, 1.165) is 29.7 Å². The molecule has 3 fully saturated rings. The minimum absolute atomic E-state index is 0.0531. The van der Waals surface area contributed by atoms with Crippen molar-refractivity contribution >= 4 is 90.7 Å². The quantitative estimate of drug-likeness (QED) is 0.111. The highest BCUT2D eigenvalue weighted by Crippen LogP contribution is 2.64. The van der Waals surface area contributed by atoms with Gasteiger partial charge in [0.1, 0.15) is 17.3 Å². The number of hydrogen-bond donors (Lipinski definition) is 1. The fraction of sp³-hybridized carbons (Fsp3) is 0.293. The van der Waals surface area contributed by atoms with E-state index < -0.39 is 35.0 Å². The summed E-state index contributed by atoms with van der Waals surface area (Å²) in [5.74, 6) is -4.24. The Bertz CT molecular complexity index is 2490. The number of allylic oxidation sites excluding steroid dienone is 2. The molecule has 6 atom stereocenters. The largest absolute Gasteiger partial charge is 0.507 e. The van der Waals surface area contributed by atoms with E-state index >= 15 is 4.79 Å². The Hall–Kier alpha value is -4.33. The van der Waals surface area contributed by atoms with Gasteiger partial charge in [0, 0.05) is 37.9 Å². The fourth-order valence-electron chi connectivity index (χ4n) is 9.55. The van der Waals surface area contributed by atoms with Crippen LogP contribution in [0, 0.1) is 46.5 Å². The van der Waals surface area contributed by atoms with E-state index in [-0.39, 0.29) is 35.8 Å². The number of imide groups is 2. The van der Waals surface area contributed by atoms with Crippen molar-refractivity contribution in [3.05, 3.63) is 104 Å². The number of carbonyl (C=O) groups is 4. The average Bonchev–Trinajstić information content (AvgIpc) is 3.80. The highest BCUT2D eigenvalue weighted by Gasteiger charge is 2.68. The molecule has 3 aromatic carbocycles. The van der Waals surface area contributed by atoms with E-state index in [1.165, 1.54) is 9.80 Å². The summed E-state index contributed by atoms with van der Waals surface area (Å²) in [5.41, 5.74) is 2.86. The Kier molecular flexibility index (Phi) is 7.86. The maximum atomic E-state index is 15.1. The summed E-state index contributed by atoms with van der Waals surface area (Å²) >= 11 is 10.1. The highest BCUT2D eigenvalue weighted by atomic mass is 127. The molecule has 2 aliphatic heterocycles. The van der Waals surface area contributed by atoms with Crippen molar-refractivity contribution in [3.8, 4) is 16.3 Å². The summed E-state index contributed by atoms with van der Waals surface area (Å²) in [6.45, 7) is 5.64. The van der Waals surface area contributed by atoms with Gasteiger partial charge in [-0.25, -0.2) is 4.90 Å². The molecule has 9 nitrogen and oxygen atoms in total. The molecule has 4 amide bonds. The molecule has 2 aliphatic carbocycles. The molecule has 9 rings (SSSR count). The predicted octanol–water partition coefficient (Wildman–Crippen LogP) is 8.32. The van der Waals surface area contributed by atoms with Crippen molar-refractivity contribution < 1.29 is 24.3 Å². The van der Waals surface area contributed by atoms with Crippen LogP contribution in [0.4, 0.5) is 11.5 Å². The summed E-state index contributed by atoms with van der Waals surface area (Å²) in [6.07, 6.45) is 2.54. The van der Waals surface area contributed by atoms with Crippen molar-refractivity contribution in [2.75, 3.05) is 9.80 Å². The minimum Gasteiger partial charge on any atom is -0.507 e. The standard InChI is InChI=1S/C41H34ClIN4O5S/c1-19-6-5-7-26(35(19)48)34-24-13-14-25-33(39(51)46(37(25)49)23-11-9-22(43)10-12-23)28(24)17-29-38(50)47(40(52)41(29,34)3)32-18-30(44-45(32)4)36-20(2)27-16-21(42)8-15-31(27)53-36/h5-13,15-16,18,25,28-29,33-34,48H,14,17H2,1-4H3/t25-,28+,29-,33-,34+,41+/m0/s1. The van der Waals surface area contributed by atoms with Gasteiger partial charge in [-0.15, -0.1) is 11.3 Å². The third-order valence-electron chi connectivity index (χ3n) is 12.2. The second kappa shape index (κ2) is 12.1. The highest BCUT2D eigenvalue weighted by molar-refractivity contribution is 14.1. The maximum absolute atomic E-state index is 15.1. The van der Waals surface area contributed by atoms with Crippen molar-refractivity contribution in [1.82, 2.24) is 9.78 Å². The van der Waals surface area contributed by atoms with Crippen LogP contribution in [-0.2, 0) is 26.2 Å². The molecule has 4 aliphatic rings. The number of phenols is 1. The number of nitrogens with zero attached hydrogens (tertiary/aromatic N) is 4. The monoisotopic (exact) mass is 856 g/mol. The molecular weight excluding hydrogens is 823 g/mol. The number of phenolic OH excluding ortho intramolecular Hbond substituents is 1. The van der Waals surface area contributed by atoms with Crippen LogP contribution in [0.1, 0.15) is 42.4 Å². The number of amides is 4. The number of rotatable bonds is 4. The molecule has 12 heteroatoms. The Labute approximate surface area is 328 Å². The normalized spacial score (nSPS) is 26.7. The van der Waals surface area contributed by atoms with Gasteiger partial charge in [-0.1, -0.05) is 41.4 Å². The van der Waals surface area contributed by atoms with Gasteiger partial charge in [0.25, 0.3) is 0 Å². The van der Waals surface area contributed by atoms with Crippen molar-refractivity contribution in [1.29, 1.82) is 0 Å². The number of benzene rings is 3. The van der Waals surface area contributed by atoms with Gasteiger partial charge in [-0.2, -0.15) is 5.10 Å². The summed E-state index contributed by atoms with van der Waals surface area (Å²) in [4.78, 5) is 61.8. The number of aryl methyl sites for hydroxylation is 3. The summed E-state index contributed by atoms with van der Waals surface area (Å²) in [7, 11) is 1.72. The van der Waals surface area contributed by atoms with Gasteiger partial charge in [-0.3, -0.25) is 28.8 Å². The zero-order chi connectivity index (χ0) is 37.2. The number of aromatic hydroxyl groups is 1. The molecule has 5 aromatic rings. The first-order valence-corrected chi connectivity index (χ1v) is 19.8. The molecule has 1 N–H and O–H groups in total. The van der Waals surface area contributed by atoms with Crippen molar-refractivity contribution in [2.45, 2.75) is 39.5 Å². The zero-order valence-electron chi connectivity index (χ0n) is 29.3. The Morgan fingerprint density at radius 1 is 0.943 bits per heavy atom. The first-order valence-electron chi connectivity index (χ1n) is 17.5. The van der Waals surface area contributed by atoms with E-state index in [2.05, 4.69) is 22.6 Å². The van der Waals surface area contributed by atoms with E-state index in [9.17, 15) is 19.5 Å². The summed E-state index contributed by atoms with van der Waals surface area (Å²) < 4.78 is 3.61. The molecule has 0 radical (unpaired) electrons. The van der Waals surface area contributed by atoms with Crippen LogP contribution in [0.3, 0.4) is 0 Å². The third kappa shape index (κ3) is 4.82. The lowest BCUT2D eigenvalue weighted by Crippen LogP contribution is -2.49. The molecule has 0 spiro atoms. The molecule has 0 bridgehead atoms. The summed E-state index contributed by atoms with van der Waals surface area (Å²) in [6, 6.07) is 20.3. The average molecular weight is 857 g/mol. The summed E-state index contributed by atoms with van der Waals surface area (Å²) in [5, 5.41) is 18.1. The van der Waals surface area contributed by atoms with Gasteiger partial charge in [0.15, 0.2) is 0 Å². The molecule has 0 unspecified atom stereocenters. The molecule has 2 saturated heterocycles. The van der Waals surface area contributed by atoms with Gasteiger partial charge in [0.2, 0.25) is 23.6 Å². The van der Waals surface area contributed by atoms with Gasteiger partial charge in [0.05, 0.1) is 33.7 Å². The van der Waals surface area contributed by atoms with Crippen LogP contribution in [0.2, 0.25) is 5.02 Å². The Morgan fingerprint density at radius 2 is 1.70 bits per heavy atom. The number of halogens is 2. The second-order valence-electron chi connectivity index (χ2n) is 14.9. The van der Waals surface area contributed by atoms with Gasteiger partial charge < -0.3 is 5.11 Å². The van der Waals surface area contributed by atoms with Gasteiger partial charge in [-0.05, 0) is 121 Å². The lowest BCUT2D eigenvalue weighted by Gasteiger charge is -2.49. The number of thiophene rings is 1.